The molecule has 0 saturated heterocycles. The van der Waals surface area contributed by atoms with Crippen molar-refractivity contribution in [3.8, 4) is 44.9 Å². The van der Waals surface area contributed by atoms with Crippen LogP contribution >= 0.6 is 31.9 Å². The van der Waals surface area contributed by atoms with Gasteiger partial charge in [0.2, 0.25) is 0 Å². The molecular formula is C37H24Br2O2. The first-order valence-corrected chi connectivity index (χ1v) is 14.9. The van der Waals surface area contributed by atoms with Crippen LogP contribution in [0.4, 0.5) is 0 Å². The maximum Gasteiger partial charge on any atom is 0.137 e. The van der Waals surface area contributed by atoms with E-state index in [-0.39, 0.29) is 11.5 Å². The van der Waals surface area contributed by atoms with Crippen molar-refractivity contribution in [2.45, 2.75) is 5.41 Å². The van der Waals surface area contributed by atoms with Gasteiger partial charge in [-0.3, -0.25) is 0 Å². The van der Waals surface area contributed by atoms with E-state index in [0.29, 0.717) is 8.95 Å². The molecule has 0 bridgehead atoms. The Hall–Kier alpha value is -4.12. The molecular weight excluding hydrogens is 636 g/mol. The molecule has 0 atom stereocenters. The summed E-state index contributed by atoms with van der Waals surface area (Å²) in [6.45, 7) is 0. The Kier molecular flexibility index (Phi) is 6.33. The highest BCUT2D eigenvalue weighted by Crippen LogP contribution is 2.58. The minimum absolute atomic E-state index is 0.200. The zero-order valence-electron chi connectivity index (χ0n) is 21.9. The number of hydrogen-bond donors (Lipinski definition) is 2. The Morgan fingerprint density at radius 2 is 0.780 bits per heavy atom. The van der Waals surface area contributed by atoms with Crippen molar-refractivity contribution >= 4 is 31.9 Å². The highest BCUT2D eigenvalue weighted by atomic mass is 79.9. The first-order chi connectivity index (χ1) is 20.0. The van der Waals surface area contributed by atoms with Gasteiger partial charge in [-0.1, -0.05) is 109 Å². The van der Waals surface area contributed by atoms with Crippen molar-refractivity contribution < 1.29 is 10.2 Å². The smallest absolute Gasteiger partial charge is 0.137 e. The quantitative estimate of drug-likeness (QED) is 0.197. The largest absolute Gasteiger partial charge is 0.506 e. The van der Waals surface area contributed by atoms with E-state index in [1.165, 1.54) is 11.1 Å². The fourth-order valence-corrected chi connectivity index (χ4v) is 7.25. The van der Waals surface area contributed by atoms with Crippen LogP contribution < -0.4 is 0 Å². The van der Waals surface area contributed by atoms with Crippen LogP contribution in [0.15, 0.2) is 142 Å². The molecule has 4 heteroatoms. The molecule has 41 heavy (non-hydrogen) atoms. The molecule has 0 heterocycles. The highest BCUT2D eigenvalue weighted by Gasteiger charge is 2.47. The molecule has 198 valence electrons. The molecule has 1 aliphatic rings. The van der Waals surface area contributed by atoms with E-state index in [4.69, 9.17) is 0 Å². The van der Waals surface area contributed by atoms with Gasteiger partial charge in [0, 0.05) is 11.1 Å². The lowest BCUT2D eigenvalue weighted by Gasteiger charge is -2.35. The van der Waals surface area contributed by atoms with Crippen molar-refractivity contribution in [1.82, 2.24) is 0 Å². The number of aromatic hydroxyl groups is 2. The molecule has 0 unspecified atom stereocenters. The van der Waals surface area contributed by atoms with Crippen LogP contribution in [0.2, 0.25) is 0 Å². The molecule has 0 spiro atoms. The van der Waals surface area contributed by atoms with E-state index >= 15 is 0 Å². The molecule has 0 amide bonds. The average Bonchev–Trinajstić information content (AvgIpc) is 3.32. The highest BCUT2D eigenvalue weighted by molar-refractivity contribution is 9.11. The van der Waals surface area contributed by atoms with Crippen molar-refractivity contribution in [2.75, 3.05) is 0 Å². The molecule has 2 nitrogen and oxygen atoms in total. The van der Waals surface area contributed by atoms with Crippen LogP contribution in [-0.2, 0) is 5.41 Å². The summed E-state index contributed by atoms with van der Waals surface area (Å²) in [5, 5.41) is 22.5. The summed E-state index contributed by atoms with van der Waals surface area (Å²) in [6, 6.07) is 45.3. The fourth-order valence-electron chi connectivity index (χ4n) is 6.33. The predicted molar refractivity (Wildman–Crippen MR) is 173 cm³/mol. The van der Waals surface area contributed by atoms with Gasteiger partial charge in [0.1, 0.15) is 11.5 Å². The second-order valence-electron chi connectivity index (χ2n) is 10.3. The van der Waals surface area contributed by atoms with E-state index in [2.05, 4.69) is 92.5 Å². The third-order valence-corrected chi connectivity index (χ3v) is 9.32. The van der Waals surface area contributed by atoms with Crippen LogP contribution in [0, 0.1) is 0 Å². The number of fused-ring (bicyclic) bond motifs is 3. The van der Waals surface area contributed by atoms with E-state index < -0.39 is 5.41 Å². The Labute approximate surface area is 255 Å². The zero-order valence-corrected chi connectivity index (χ0v) is 25.0. The van der Waals surface area contributed by atoms with Crippen LogP contribution in [0.1, 0.15) is 22.3 Å². The van der Waals surface area contributed by atoms with Gasteiger partial charge in [-0.25, -0.2) is 0 Å². The van der Waals surface area contributed by atoms with Crippen molar-refractivity contribution in [3.63, 3.8) is 0 Å². The summed E-state index contributed by atoms with van der Waals surface area (Å²) < 4.78 is 1.24. The van der Waals surface area contributed by atoms with Gasteiger partial charge in [0.15, 0.2) is 0 Å². The molecule has 6 aromatic carbocycles. The van der Waals surface area contributed by atoms with Crippen molar-refractivity contribution in [1.29, 1.82) is 0 Å². The molecule has 0 radical (unpaired) electrons. The Balaban J connectivity index is 1.63. The van der Waals surface area contributed by atoms with Crippen LogP contribution in [0.3, 0.4) is 0 Å². The minimum Gasteiger partial charge on any atom is -0.506 e. The van der Waals surface area contributed by atoms with Crippen LogP contribution in [-0.4, -0.2) is 10.2 Å². The molecule has 6 aromatic rings. The first-order valence-electron chi connectivity index (χ1n) is 13.4. The molecule has 1 aliphatic carbocycles. The van der Waals surface area contributed by atoms with Gasteiger partial charge < -0.3 is 10.2 Å². The maximum absolute atomic E-state index is 11.2. The lowest BCUT2D eigenvalue weighted by Crippen LogP contribution is -2.29. The van der Waals surface area contributed by atoms with Gasteiger partial charge in [-0.05, 0) is 101 Å². The van der Waals surface area contributed by atoms with E-state index in [9.17, 15) is 10.2 Å². The van der Waals surface area contributed by atoms with Crippen molar-refractivity contribution in [2.24, 2.45) is 0 Å². The third kappa shape index (κ3) is 3.97. The van der Waals surface area contributed by atoms with Crippen LogP contribution in [0.25, 0.3) is 33.4 Å². The number of phenolic OH excluding ortho intramolecular Hbond substituents is 2. The number of benzene rings is 6. The summed E-state index contributed by atoms with van der Waals surface area (Å²) in [4.78, 5) is 0. The van der Waals surface area contributed by atoms with Gasteiger partial charge in [0.25, 0.3) is 0 Å². The van der Waals surface area contributed by atoms with Crippen molar-refractivity contribution in [3.05, 3.63) is 165 Å². The SMILES string of the molecule is Oc1c(Br)cc(C2(c3cc(Br)c(O)c(-c4ccccc4)c3)c3ccccc3-c3ccccc32)cc1-c1ccccc1. The molecule has 0 aliphatic heterocycles. The summed E-state index contributed by atoms with van der Waals surface area (Å²) in [7, 11) is 0. The Bertz CT molecular complexity index is 1790. The van der Waals surface area contributed by atoms with E-state index in [0.717, 1.165) is 44.5 Å². The predicted octanol–water partition coefficient (Wildman–Crippen LogP) is 10.3. The topological polar surface area (TPSA) is 40.5 Å². The van der Waals surface area contributed by atoms with Gasteiger partial charge >= 0.3 is 0 Å². The van der Waals surface area contributed by atoms with Gasteiger partial charge in [-0.15, -0.1) is 0 Å². The lowest BCUT2D eigenvalue weighted by atomic mass is 9.67. The normalized spacial score (nSPS) is 13.0. The number of phenols is 2. The Morgan fingerprint density at radius 3 is 1.20 bits per heavy atom. The average molecular weight is 660 g/mol. The van der Waals surface area contributed by atoms with E-state index in [1.807, 2.05) is 72.8 Å². The molecule has 0 saturated carbocycles. The molecule has 7 rings (SSSR count). The van der Waals surface area contributed by atoms with E-state index in [1.54, 1.807) is 0 Å². The van der Waals surface area contributed by atoms with Gasteiger partial charge in [0.05, 0.1) is 14.4 Å². The Morgan fingerprint density at radius 1 is 0.415 bits per heavy atom. The standard InChI is InChI=1S/C37H24Br2O2/c38-33-21-25(19-29(35(33)40)23-11-3-1-4-12-23)37(31-17-9-7-15-27(31)28-16-8-10-18-32(28)37)26-20-30(36(41)34(39)22-26)24-13-5-2-6-14-24/h1-22,40-41H. The number of halogens is 2. The summed E-state index contributed by atoms with van der Waals surface area (Å²) in [5.41, 5.74) is 9.27. The van der Waals surface area contributed by atoms with Gasteiger partial charge in [-0.2, -0.15) is 0 Å². The molecule has 0 fully saturated rings. The summed E-state index contributed by atoms with van der Waals surface area (Å²) in [6.07, 6.45) is 0. The fraction of sp³-hybridized carbons (Fsp3) is 0.0270. The molecule has 2 N–H and O–H groups in total. The maximum atomic E-state index is 11.2. The summed E-state index contributed by atoms with van der Waals surface area (Å²) >= 11 is 7.39. The monoisotopic (exact) mass is 658 g/mol. The number of hydrogen-bond acceptors (Lipinski definition) is 2. The van der Waals surface area contributed by atoms with Crippen LogP contribution in [0.5, 0.6) is 11.5 Å². The molecule has 0 aromatic heterocycles. The summed E-state index contributed by atoms with van der Waals surface area (Å²) in [5.74, 6) is 0.401. The number of rotatable bonds is 4. The minimum atomic E-state index is -0.729. The third-order valence-electron chi connectivity index (χ3n) is 8.11. The lowest BCUT2D eigenvalue weighted by molar-refractivity contribution is 0.473. The second kappa shape index (κ2) is 10.1. The first kappa shape index (κ1) is 25.8. The second-order valence-corrected chi connectivity index (χ2v) is 12.0. The zero-order chi connectivity index (χ0) is 28.1.